The number of nitrogens with zero attached hydrogens (tertiary/aromatic N) is 2. The SMILES string of the molecule is CONC(=O)Cc1csc(Nc2ccc(Cl)cn2)n1. The van der Waals surface area contributed by atoms with Crippen LogP contribution in [0.4, 0.5) is 10.9 Å². The number of halogens is 1. The number of thiazole rings is 1. The molecule has 2 N–H and O–H groups in total. The van der Waals surface area contributed by atoms with Gasteiger partial charge < -0.3 is 5.32 Å². The molecule has 2 aromatic heterocycles. The highest BCUT2D eigenvalue weighted by atomic mass is 35.5. The molecule has 19 heavy (non-hydrogen) atoms. The van der Waals surface area contributed by atoms with Gasteiger partial charge in [-0.1, -0.05) is 11.6 Å². The van der Waals surface area contributed by atoms with Gasteiger partial charge in [-0.2, -0.15) is 0 Å². The molecule has 0 saturated heterocycles. The largest absolute Gasteiger partial charge is 0.316 e. The molecule has 0 aliphatic rings. The van der Waals surface area contributed by atoms with Crippen LogP contribution in [-0.4, -0.2) is 23.0 Å². The van der Waals surface area contributed by atoms with Crippen LogP contribution >= 0.6 is 22.9 Å². The van der Waals surface area contributed by atoms with Crippen LogP contribution in [0, 0.1) is 0 Å². The van der Waals surface area contributed by atoms with Crippen molar-refractivity contribution in [3.63, 3.8) is 0 Å². The molecule has 100 valence electrons. The number of carbonyl (C=O) groups is 1. The Morgan fingerprint density at radius 3 is 3.05 bits per heavy atom. The number of amides is 1. The monoisotopic (exact) mass is 298 g/mol. The molecule has 0 aliphatic heterocycles. The minimum atomic E-state index is -0.246. The molecule has 0 aliphatic carbocycles. The fourth-order valence-electron chi connectivity index (χ4n) is 1.32. The van der Waals surface area contributed by atoms with Gasteiger partial charge >= 0.3 is 0 Å². The second-order valence-electron chi connectivity index (χ2n) is 3.54. The number of nitrogens with one attached hydrogen (secondary N) is 2. The smallest absolute Gasteiger partial charge is 0.249 e. The van der Waals surface area contributed by atoms with Gasteiger partial charge in [0.2, 0.25) is 5.91 Å². The van der Waals surface area contributed by atoms with Crippen LogP contribution in [0.1, 0.15) is 5.69 Å². The fourth-order valence-corrected chi connectivity index (χ4v) is 2.15. The molecule has 2 aromatic rings. The van der Waals surface area contributed by atoms with Gasteiger partial charge in [0.1, 0.15) is 5.82 Å². The zero-order valence-corrected chi connectivity index (χ0v) is 11.6. The van der Waals surface area contributed by atoms with Gasteiger partial charge in [-0.05, 0) is 12.1 Å². The van der Waals surface area contributed by atoms with E-state index in [2.05, 4.69) is 25.6 Å². The maximum absolute atomic E-state index is 11.3. The predicted molar refractivity (Wildman–Crippen MR) is 73.5 cm³/mol. The Morgan fingerprint density at radius 2 is 2.37 bits per heavy atom. The van der Waals surface area contributed by atoms with Crippen molar-refractivity contribution < 1.29 is 9.63 Å². The minimum Gasteiger partial charge on any atom is -0.316 e. The number of aromatic nitrogens is 2. The maximum atomic E-state index is 11.3. The van der Waals surface area contributed by atoms with E-state index in [9.17, 15) is 4.79 Å². The fraction of sp³-hybridized carbons (Fsp3) is 0.182. The summed E-state index contributed by atoms with van der Waals surface area (Å²) in [7, 11) is 1.39. The lowest BCUT2D eigenvalue weighted by Gasteiger charge is -2.01. The van der Waals surface area contributed by atoms with E-state index in [-0.39, 0.29) is 12.3 Å². The Kier molecular flexibility index (Phi) is 4.67. The molecule has 0 atom stereocenters. The number of anilines is 2. The van der Waals surface area contributed by atoms with Gasteiger partial charge in [-0.3, -0.25) is 9.63 Å². The molecule has 2 rings (SSSR count). The Balaban J connectivity index is 1.97. The normalized spacial score (nSPS) is 10.2. The van der Waals surface area contributed by atoms with Gasteiger partial charge in [0.15, 0.2) is 5.13 Å². The molecular weight excluding hydrogens is 288 g/mol. The Morgan fingerprint density at radius 1 is 1.53 bits per heavy atom. The summed E-state index contributed by atoms with van der Waals surface area (Å²) in [5, 5.41) is 6.06. The van der Waals surface area contributed by atoms with Crippen LogP contribution in [0.3, 0.4) is 0 Å². The molecule has 0 spiro atoms. The van der Waals surface area contributed by atoms with Crippen molar-refractivity contribution in [2.75, 3.05) is 12.4 Å². The molecule has 0 bridgehead atoms. The van der Waals surface area contributed by atoms with Gasteiger partial charge in [-0.15, -0.1) is 11.3 Å². The number of hydroxylamine groups is 1. The van der Waals surface area contributed by atoms with E-state index in [4.69, 9.17) is 11.6 Å². The first-order chi connectivity index (χ1) is 9.17. The van der Waals surface area contributed by atoms with Crippen molar-refractivity contribution in [2.45, 2.75) is 6.42 Å². The van der Waals surface area contributed by atoms with Crippen molar-refractivity contribution in [3.05, 3.63) is 34.4 Å². The van der Waals surface area contributed by atoms with Crippen molar-refractivity contribution in [3.8, 4) is 0 Å². The summed E-state index contributed by atoms with van der Waals surface area (Å²) >= 11 is 7.14. The Bertz CT molecular complexity index is 558. The van der Waals surface area contributed by atoms with E-state index in [1.165, 1.54) is 18.4 Å². The first-order valence-electron chi connectivity index (χ1n) is 5.32. The number of hydrogen-bond acceptors (Lipinski definition) is 6. The molecule has 1 amide bonds. The van der Waals surface area contributed by atoms with Crippen molar-refractivity contribution >= 4 is 39.8 Å². The summed E-state index contributed by atoms with van der Waals surface area (Å²) in [4.78, 5) is 24.2. The second kappa shape index (κ2) is 6.46. The van der Waals surface area contributed by atoms with Gasteiger partial charge in [0, 0.05) is 11.6 Å². The van der Waals surface area contributed by atoms with E-state index in [1.807, 2.05) is 0 Å². The summed E-state index contributed by atoms with van der Waals surface area (Å²) in [5.74, 6) is 0.399. The van der Waals surface area contributed by atoms with Crippen LogP contribution in [0.25, 0.3) is 0 Å². The van der Waals surface area contributed by atoms with Crippen molar-refractivity contribution in [1.29, 1.82) is 0 Å². The molecule has 0 unspecified atom stereocenters. The average molecular weight is 299 g/mol. The highest BCUT2D eigenvalue weighted by Crippen LogP contribution is 2.20. The summed E-state index contributed by atoms with van der Waals surface area (Å²) in [6.45, 7) is 0. The molecule has 0 fully saturated rings. The lowest BCUT2D eigenvalue weighted by molar-refractivity contribution is -0.130. The van der Waals surface area contributed by atoms with Crippen LogP contribution in [0.2, 0.25) is 5.02 Å². The number of pyridine rings is 1. The van der Waals surface area contributed by atoms with Crippen molar-refractivity contribution in [1.82, 2.24) is 15.4 Å². The van der Waals surface area contributed by atoms with E-state index >= 15 is 0 Å². The zero-order valence-electron chi connectivity index (χ0n) is 10.0. The highest BCUT2D eigenvalue weighted by molar-refractivity contribution is 7.13. The van der Waals surface area contributed by atoms with Crippen LogP contribution in [0.15, 0.2) is 23.7 Å². The van der Waals surface area contributed by atoms with E-state index in [0.717, 1.165) is 0 Å². The maximum Gasteiger partial charge on any atom is 0.249 e. The average Bonchev–Trinajstić information content (AvgIpc) is 2.80. The minimum absolute atomic E-state index is 0.167. The van der Waals surface area contributed by atoms with Gasteiger partial charge in [-0.25, -0.2) is 15.4 Å². The van der Waals surface area contributed by atoms with E-state index in [0.29, 0.717) is 21.7 Å². The summed E-state index contributed by atoms with van der Waals surface area (Å²) < 4.78 is 0. The molecule has 6 nitrogen and oxygen atoms in total. The number of rotatable bonds is 5. The highest BCUT2D eigenvalue weighted by Gasteiger charge is 2.07. The van der Waals surface area contributed by atoms with Gasteiger partial charge in [0.25, 0.3) is 0 Å². The topological polar surface area (TPSA) is 76.1 Å². The quantitative estimate of drug-likeness (QED) is 0.827. The van der Waals surface area contributed by atoms with E-state index in [1.54, 1.807) is 23.7 Å². The molecular formula is C11H11ClN4O2S. The predicted octanol–water partition coefficient (Wildman–Crippen LogP) is 2.16. The number of carbonyl (C=O) groups excluding carboxylic acids is 1. The lowest BCUT2D eigenvalue weighted by atomic mass is 10.3. The third kappa shape index (κ3) is 4.16. The molecule has 0 aromatic carbocycles. The van der Waals surface area contributed by atoms with E-state index < -0.39 is 0 Å². The standard InChI is InChI=1S/C11H11ClN4O2S/c1-18-16-10(17)4-8-6-19-11(14-8)15-9-3-2-7(12)5-13-9/h2-3,5-6H,4H2,1H3,(H,16,17)(H,13,14,15). The van der Waals surface area contributed by atoms with Crippen LogP contribution in [-0.2, 0) is 16.1 Å². The number of hydrogen-bond donors (Lipinski definition) is 2. The van der Waals surface area contributed by atoms with Crippen molar-refractivity contribution in [2.24, 2.45) is 0 Å². The van der Waals surface area contributed by atoms with Crippen LogP contribution in [0.5, 0.6) is 0 Å². The summed E-state index contributed by atoms with van der Waals surface area (Å²) in [6, 6.07) is 3.48. The first kappa shape index (κ1) is 13.7. The third-order valence-electron chi connectivity index (χ3n) is 2.07. The summed E-state index contributed by atoms with van der Waals surface area (Å²) in [6.07, 6.45) is 1.71. The Labute approximate surface area is 118 Å². The third-order valence-corrected chi connectivity index (χ3v) is 3.10. The molecule has 2 heterocycles. The molecule has 0 saturated carbocycles. The Hall–Kier alpha value is -1.70. The molecule has 8 heteroatoms. The lowest BCUT2D eigenvalue weighted by Crippen LogP contribution is -2.23. The first-order valence-corrected chi connectivity index (χ1v) is 6.58. The molecule has 0 radical (unpaired) electrons. The zero-order chi connectivity index (χ0) is 13.7. The van der Waals surface area contributed by atoms with Gasteiger partial charge in [0.05, 0.1) is 24.2 Å². The summed E-state index contributed by atoms with van der Waals surface area (Å²) in [5.41, 5.74) is 2.90. The second-order valence-corrected chi connectivity index (χ2v) is 4.83. The van der Waals surface area contributed by atoms with Crippen LogP contribution < -0.4 is 10.8 Å².